The maximum Gasteiger partial charge on any atom is 0.490 e. The largest absolute Gasteiger partial charge is 0.490 e. The SMILES string of the molecule is Nc1nc2c(ncn2[C@@H]2C[C@H](COP(=O)(O)OP(=O)(O)OP(=O)(O)O)[C@@H](O)C2)c(=O)[nH]1. The van der Waals surface area contributed by atoms with Crippen LogP contribution in [-0.2, 0) is 26.8 Å². The number of nitrogens with two attached hydrogens (primary N) is 1. The fourth-order valence-electron chi connectivity index (χ4n) is 3.18. The molecular formula is C11H18N5O12P3. The number of fused-ring (bicyclic) bond motifs is 1. The molecule has 0 aromatic carbocycles. The summed E-state index contributed by atoms with van der Waals surface area (Å²) >= 11 is 0. The number of phosphoric ester groups is 1. The summed E-state index contributed by atoms with van der Waals surface area (Å²) < 4.78 is 47.1. The van der Waals surface area contributed by atoms with Crippen LogP contribution in [0.3, 0.4) is 0 Å². The smallest absolute Gasteiger partial charge is 0.393 e. The highest BCUT2D eigenvalue weighted by molar-refractivity contribution is 7.66. The van der Waals surface area contributed by atoms with E-state index in [-0.39, 0.29) is 30.0 Å². The first-order valence-electron chi connectivity index (χ1n) is 8.34. The highest BCUT2D eigenvalue weighted by atomic mass is 31.3. The number of H-pyrrole nitrogens is 1. The lowest BCUT2D eigenvalue weighted by atomic mass is 10.1. The fraction of sp³-hybridized carbons (Fsp3) is 0.545. The minimum atomic E-state index is -5.63. The zero-order valence-corrected chi connectivity index (χ0v) is 18.0. The van der Waals surface area contributed by atoms with E-state index in [0.717, 1.165) is 0 Å². The molecule has 20 heteroatoms. The van der Waals surface area contributed by atoms with E-state index in [1.54, 1.807) is 0 Å². The van der Waals surface area contributed by atoms with Gasteiger partial charge in [0.2, 0.25) is 5.95 Å². The molecule has 5 atom stereocenters. The minimum Gasteiger partial charge on any atom is -0.393 e. The van der Waals surface area contributed by atoms with E-state index in [1.165, 1.54) is 10.9 Å². The van der Waals surface area contributed by atoms with Gasteiger partial charge in [0.25, 0.3) is 5.56 Å². The summed E-state index contributed by atoms with van der Waals surface area (Å²) in [6, 6.07) is -0.441. The number of anilines is 1. The molecule has 17 nitrogen and oxygen atoms in total. The van der Waals surface area contributed by atoms with Gasteiger partial charge in [0.1, 0.15) is 0 Å². The van der Waals surface area contributed by atoms with E-state index in [9.17, 15) is 28.5 Å². The number of phosphoric acid groups is 3. The second kappa shape index (κ2) is 8.46. The lowest BCUT2D eigenvalue weighted by molar-refractivity contribution is 0.0834. The van der Waals surface area contributed by atoms with E-state index >= 15 is 0 Å². The van der Waals surface area contributed by atoms with Crippen LogP contribution in [0.2, 0.25) is 0 Å². The Morgan fingerprint density at radius 3 is 2.48 bits per heavy atom. The normalized spacial score (nSPS) is 26.0. The van der Waals surface area contributed by atoms with E-state index in [1.807, 2.05) is 0 Å². The van der Waals surface area contributed by atoms with Crippen molar-refractivity contribution in [1.29, 1.82) is 0 Å². The van der Waals surface area contributed by atoms with Crippen LogP contribution < -0.4 is 11.3 Å². The average molecular weight is 505 g/mol. The van der Waals surface area contributed by atoms with Gasteiger partial charge in [0.05, 0.1) is 19.0 Å². The number of nitrogen functional groups attached to an aromatic ring is 1. The Kier molecular flexibility index (Phi) is 6.60. The van der Waals surface area contributed by atoms with Gasteiger partial charge in [0.15, 0.2) is 11.2 Å². The van der Waals surface area contributed by atoms with Crippen LogP contribution in [0.25, 0.3) is 11.2 Å². The lowest BCUT2D eigenvalue weighted by Gasteiger charge is -2.19. The highest BCUT2D eigenvalue weighted by Crippen LogP contribution is 2.66. The van der Waals surface area contributed by atoms with Crippen molar-refractivity contribution < 1.29 is 51.5 Å². The van der Waals surface area contributed by atoms with Crippen LogP contribution in [0.4, 0.5) is 5.95 Å². The first kappa shape index (κ1) is 24.2. The summed E-state index contributed by atoms with van der Waals surface area (Å²) in [5, 5.41) is 10.3. The van der Waals surface area contributed by atoms with Crippen molar-refractivity contribution >= 4 is 40.6 Å². The molecule has 0 saturated heterocycles. The van der Waals surface area contributed by atoms with Gasteiger partial charge in [-0.3, -0.25) is 14.3 Å². The zero-order valence-electron chi connectivity index (χ0n) is 15.3. The maximum absolute atomic E-state index is 11.9. The number of rotatable bonds is 8. The van der Waals surface area contributed by atoms with Gasteiger partial charge < -0.3 is 35.0 Å². The highest BCUT2D eigenvalue weighted by Gasteiger charge is 2.42. The summed E-state index contributed by atoms with van der Waals surface area (Å²) in [5.41, 5.74) is 5.19. The van der Waals surface area contributed by atoms with Crippen LogP contribution >= 0.6 is 23.5 Å². The molecule has 8 N–H and O–H groups in total. The quantitative estimate of drug-likeness (QED) is 0.220. The summed E-state index contributed by atoms with van der Waals surface area (Å²) in [6.07, 6.45) is 0.573. The number of aromatic nitrogens is 4. The second-order valence-electron chi connectivity index (χ2n) is 6.61. The van der Waals surface area contributed by atoms with E-state index in [4.69, 9.17) is 20.4 Å². The van der Waals surface area contributed by atoms with Crippen molar-refractivity contribution in [2.75, 3.05) is 12.3 Å². The molecule has 1 aliphatic rings. The molecule has 0 spiro atoms. The molecule has 0 amide bonds. The van der Waals surface area contributed by atoms with Crippen molar-refractivity contribution in [3.05, 3.63) is 16.7 Å². The topological polar surface area (TPSA) is 270 Å². The van der Waals surface area contributed by atoms with Gasteiger partial charge >= 0.3 is 23.5 Å². The Bertz CT molecular complexity index is 1170. The van der Waals surface area contributed by atoms with Crippen LogP contribution in [0.15, 0.2) is 11.1 Å². The molecule has 0 radical (unpaired) electrons. The minimum absolute atomic E-state index is 0.0282. The van der Waals surface area contributed by atoms with Crippen molar-refractivity contribution in [1.82, 2.24) is 19.5 Å². The Balaban J connectivity index is 1.67. The number of hydrogen-bond donors (Lipinski definition) is 7. The summed E-state index contributed by atoms with van der Waals surface area (Å²) in [4.78, 5) is 57.8. The molecule has 0 aliphatic heterocycles. The maximum atomic E-state index is 11.9. The molecule has 1 fully saturated rings. The number of aliphatic hydroxyl groups is 1. The molecule has 2 aromatic rings. The second-order valence-corrected chi connectivity index (χ2v) is 11.0. The third-order valence-electron chi connectivity index (χ3n) is 4.34. The Labute approximate surface area is 172 Å². The molecule has 2 aromatic heterocycles. The molecule has 1 aliphatic carbocycles. The Morgan fingerprint density at radius 1 is 1.16 bits per heavy atom. The predicted octanol–water partition coefficient (Wildman–Crippen LogP) is -0.643. The lowest BCUT2D eigenvalue weighted by Crippen LogP contribution is -2.18. The van der Waals surface area contributed by atoms with E-state index in [0.29, 0.717) is 0 Å². The number of nitrogens with zero attached hydrogens (tertiary/aromatic N) is 3. The van der Waals surface area contributed by atoms with Crippen LogP contribution in [-0.4, -0.2) is 56.9 Å². The van der Waals surface area contributed by atoms with Crippen molar-refractivity contribution in [2.45, 2.75) is 25.0 Å². The molecule has 31 heavy (non-hydrogen) atoms. The van der Waals surface area contributed by atoms with Crippen molar-refractivity contribution in [3.8, 4) is 0 Å². The standard InChI is InChI=1S/C11H18N5O12P3/c12-11-14-9-8(10(18)15-11)13-4-16(9)6-1-5(7(17)2-6)3-26-30(22,23)28-31(24,25)27-29(19,20)21/h4-7,17H,1-3H2,(H,22,23)(H,24,25)(H2,19,20,21)(H3,12,14,15,18)/t5-,6-,7+/m1/s1. The molecule has 174 valence electrons. The molecule has 2 unspecified atom stereocenters. The summed E-state index contributed by atoms with van der Waals surface area (Å²) in [5.74, 6) is -0.895. The third-order valence-corrected chi connectivity index (χ3v) is 8.15. The first-order valence-corrected chi connectivity index (χ1v) is 12.9. The monoisotopic (exact) mass is 505 g/mol. The molecule has 0 bridgehead atoms. The van der Waals surface area contributed by atoms with Crippen LogP contribution in [0, 0.1) is 5.92 Å². The number of nitrogens with one attached hydrogen (secondary N) is 1. The Morgan fingerprint density at radius 2 is 1.84 bits per heavy atom. The first-order chi connectivity index (χ1) is 14.2. The van der Waals surface area contributed by atoms with Crippen molar-refractivity contribution in [2.24, 2.45) is 5.92 Å². The molecule has 3 rings (SSSR count). The van der Waals surface area contributed by atoms with Crippen LogP contribution in [0.1, 0.15) is 18.9 Å². The average Bonchev–Trinajstić information content (AvgIpc) is 3.13. The fourth-order valence-corrected chi connectivity index (χ4v) is 6.26. The van der Waals surface area contributed by atoms with E-state index in [2.05, 4.69) is 28.1 Å². The number of aromatic amines is 1. The Hall–Kier alpha value is -1.48. The van der Waals surface area contributed by atoms with Crippen molar-refractivity contribution in [3.63, 3.8) is 0 Å². The van der Waals surface area contributed by atoms with Gasteiger partial charge in [-0.05, 0) is 12.8 Å². The number of imidazole rings is 1. The van der Waals surface area contributed by atoms with Gasteiger partial charge in [-0.15, -0.1) is 0 Å². The molecule has 2 heterocycles. The third kappa shape index (κ3) is 6.06. The zero-order chi connectivity index (χ0) is 23.2. The van der Waals surface area contributed by atoms with E-state index < -0.39 is 53.7 Å². The van der Waals surface area contributed by atoms with Gasteiger partial charge in [-0.1, -0.05) is 0 Å². The molecular weight excluding hydrogens is 487 g/mol. The summed E-state index contributed by atoms with van der Waals surface area (Å²) in [6.45, 7) is -0.621. The number of aliphatic hydroxyl groups excluding tert-OH is 1. The predicted molar refractivity (Wildman–Crippen MR) is 100 cm³/mol. The van der Waals surface area contributed by atoms with Gasteiger partial charge in [-0.2, -0.15) is 13.6 Å². The summed E-state index contributed by atoms with van der Waals surface area (Å²) in [7, 11) is -16.4. The van der Waals surface area contributed by atoms with Gasteiger partial charge in [-0.25, -0.2) is 18.7 Å². The van der Waals surface area contributed by atoms with Crippen LogP contribution in [0.5, 0.6) is 0 Å². The molecule has 1 saturated carbocycles. The number of hydrogen-bond acceptors (Lipinski definition) is 11. The van der Waals surface area contributed by atoms with Gasteiger partial charge in [0, 0.05) is 12.0 Å².